The maximum absolute atomic E-state index is 10.9. The van der Waals surface area contributed by atoms with Crippen LogP contribution in [0.1, 0.15) is 10.5 Å². The van der Waals surface area contributed by atoms with E-state index in [9.17, 15) is 4.79 Å². The molecule has 0 atom stereocenters. The molecule has 0 aliphatic heterocycles. The molecule has 1 radical (unpaired) electrons. The number of nitrogens with two attached hydrogens (primary N) is 1. The molecule has 0 saturated carbocycles. The standard InChI is InChI=1S/C11H9N2O2/c1-15-8-3-5-9-7(6-8)2-4-10(13-9)11(12)14/h2-4,6H,1H3,(H2,12,14). The predicted octanol–water partition coefficient (Wildman–Crippen LogP) is 1.14. The zero-order chi connectivity index (χ0) is 10.8. The van der Waals surface area contributed by atoms with E-state index in [-0.39, 0.29) is 5.69 Å². The number of hydrogen-bond acceptors (Lipinski definition) is 3. The van der Waals surface area contributed by atoms with E-state index >= 15 is 0 Å². The Labute approximate surface area is 86.7 Å². The number of ether oxygens (including phenoxy) is 1. The Morgan fingerprint density at radius 3 is 3.00 bits per heavy atom. The normalized spacial score (nSPS) is 10.2. The number of benzene rings is 1. The van der Waals surface area contributed by atoms with Crippen molar-refractivity contribution in [2.24, 2.45) is 5.73 Å². The van der Waals surface area contributed by atoms with Gasteiger partial charge in [0.1, 0.15) is 11.4 Å². The molecule has 1 aromatic heterocycles. The monoisotopic (exact) mass is 201 g/mol. The Bertz CT molecular complexity index is 523. The Morgan fingerprint density at radius 1 is 1.53 bits per heavy atom. The first-order chi connectivity index (χ1) is 7.20. The highest BCUT2D eigenvalue weighted by molar-refractivity contribution is 5.93. The number of amides is 1. The van der Waals surface area contributed by atoms with Gasteiger partial charge in [0.15, 0.2) is 0 Å². The molecule has 1 heterocycles. The Morgan fingerprint density at radius 2 is 2.33 bits per heavy atom. The lowest BCUT2D eigenvalue weighted by Crippen LogP contribution is -2.12. The molecule has 0 bridgehead atoms. The number of aromatic nitrogens is 1. The van der Waals surface area contributed by atoms with Crippen LogP contribution in [0, 0.1) is 6.07 Å². The summed E-state index contributed by atoms with van der Waals surface area (Å²) >= 11 is 0. The van der Waals surface area contributed by atoms with Crippen molar-refractivity contribution in [2.75, 3.05) is 7.11 Å². The van der Waals surface area contributed by atoms with Gasteiger partial charge < -0.3 is 10.5 Å². The van der Waals surface area contributed by atoms with Crippen molar-refractivity contribution in [3.63, 3.8) is 0 Å². The van der Waals surface area contributed by atoms with Crippen LogP contribution < -0.4 is 10.5 Å². The van der Waals surface area contributed by atoms with Gasteiger partial charge in [-0.15, -0.1) is 0 Å². The van der Waals surface area contributed by atoms with E-state index < -0.39 is 5.91 Å². The van der Waals surface area contributed by atoms with Crippen LogP contribution in [0.3, 0.4) is 0 Å². The Hall–Kier alpha value is -2.10. The summed E-state index contributed by atoms with van der Waals surface area (Å²) in [5.74, 6) is 0.164. The fraction of sp³-hybridized carbons (Fsp3) is 0.0909. The summed E-state index contributed by atoms with van der Waals surface area (Å²) in [7, 11) is 1.58. The van der Waals surface area contributed by atoms with Crippen LogP contribution in [0.4, 0.5) is 0 Å². The molecule has 4 nitrogen and oxygen atoms in total. The smallest absolute Gasteiger partial charge is 0.267 e. The molecule has 75 valence electrons. The second kappa shape index (κ2) is 3.57. The summed E-state index contributed by atoms with van der Waals surface area (Å²) in [6.45, 7) is 0. The summed E-state index contributed by atoms with van der Waals surface area (Å²) in [5.41, 5.74) is 5.96. The first-order valence-electron chi connectivity index (χ1n) is 4.37. The third-order valence-electron chi connectivity index (χ3n) is 2.06. The van der Waals surface area contributed by atoms with Crippen molar-refractivity contribution in [2.45, 2.75) is 0 Å². The van der Waals surface area contributed by atoms with Gasteiger partial charge in [-0.3, -0.25) is 4.79 Å². The van der Waals surface area contributed by atoms with Gasteiger partial charge >= 0.3 is 0 Å². The van der Waals surface area contributed by atoms with E-state index in [1.165, 1.54) is 0 Å². The average molecular weight is 201 g/mol. The molecule has 15 heavy (non-hydrogen) atoms. The van der Waals surface area contributed by atoms with E-state index in [0.29, 0.717) is 11.3 Å². The largest absolute Gasteiger partial charge is 0.497 e. The summed E-state index contributed by atoms with van der Waals surface area (Å²) in [5, 5.41) is 0.861. The lowest BCUT2D eigenvalue weighted by atomic mass is 10.2. The zero-order valence-electron chi connectivity index (χ0n) is 8.15. The highest BCUT2D eigenvalue weighted by atomic mass is 16.5. The molecule has 2 rings (SSSR count). The fourth-order valence-corrected chi connectivity index (χ4v) is 1.29. The van der Waals surface area contributed by atoms with E-state index in [1.54, 1.807) is 25.3 Å². The number of hydrogen-bond donors (Lipinski definition) is 1. The van der Waals surface area contributed by atoms with Crippen LogP contribution in [0.5, 0.6) is 5.75 Å². The topological polar surface area (TPSA) is 65.2 Å². The number of primary amides is 1. The van der Waals surface area contributed by atoms with E-state index in [1.807, 2.05) is 6.07 Å². The van der Waals surface area contributed by atoms with Crippen LogP contribution in [-0.4, -0.2) is 18.0 Å². The summed E-state index contributed by atoms with van der Waals surface area (Å²) in [4.78, 5) is 15.0. The molecule has 1 aromatic carbocycles. The lowest BCUT2D eigenvalue weighted by molar-refractivity contribution is 0.0996. The highest BCUT2D eigenvalue weighted by Crippen LogP contribution is 2.18. The molecule has 2 N–H and O–H groups in total. The fourth-order valence-electron chi connectivity index (χ4n) is 1.29. The van der Waals surface area contributed by atoms with Gasteiger partial charge in [-0.25, -0.2) is 4.98 Å². The summed E-state index contributed by atoms with van der Waals surface area (Å²) in [6.07, 6.45) is 0. The van der Waals surface area contributed by atoms with Crippen LogP contribution >= 0.6 is 0 Å². The van der Waals surface area contributed by atoms with E-state index in [2.05, 4.69) is 11.1 Å². The molecule has 0 saturated heterocycles. The second-order valence-electron chi connectivity index (χ2n) is 3.04. The van der Waals surface area contributed by atoms with Crippen molar-refractivity contribution in [3.8, 4) is 5.75 Å². The number of methoxy groups -OCH3 is 1. The minimum Gasteiger partial charge on any atom is -0.497 e. The Kier molecular flexibility index (Phi) is 2.25. The van der Waals surface area contributed by atoms with Gasteiger partial charge in [-0.1, -0.05) is 6.07 Å². The summed E-state index contributed by atoms with van der Waals surface area (Å²) in [6, 6.07) is 9.76. The molecule has 0 spiro atoms. The average Bonchev–Trinajstić information content (AvgIpc) is 2.27. The molecule has 0 unspecified atom stereocenters. The number of pyridine rings is 1. The molecule has 0 aliphatic rings. The van der Waals surface area contributed by atoms with Gasteiger partial charge in [0.25, 0.3) is 5.91 Å². The molecule has 4 heteroatoms. The quantitative estimate of drug-likeness (QED) is 0.792. The molecular formula is C11H9N2O2. The maximum Gasteiger partial charge on any atom is 0.267 e. The maximum atomic E-state index is 10.9. The van der Waals surface area contributed by atoms with Crippen LogP contribution in [0.15, 0.2) is 24.3 Å². The van der Waals surface area contributed by atoms with Crippen LogP contribution in [-0.2, 0) is 0 Å². The van der Waals surface area contributed by atoms with Gasteiger partial charge in [0.2, 0.25) is 0 Å². The van der Waals surface area contributed by atoms with Crippen LogP contribution in [0.2, 0.25) is 0 Å². The first kappa shape index (κ1) is 9.45. The third-order valence-corrected chi connectivity index (χ3v) is 2.06. The van der Waals surface area contributed by atoms with Gasteiger partial charge in [0, 0.05) is 11.5 Å². The molecule has 1 amide bonds. The molecular weight excluding hydrogens is 192 g/mol. The number of rotatable bonds is 2. The first-order valence-corrected chi connectivity index (χ1v) is 4.37. The minimum absolute atomic E-state index is 0.240. The van der Waals surface area contributed by atoms with Gasteiger partial charge in [-0.2, -0.15) is 0 Å². The van der Waals surface area contributed by atoms with Crippen molar-refractivity contribution >= 4 is 16.8 Å². The number of carbonyl (C=O) groups excluding carboxylic acids is 1. The zero-order valence-corrected chi connectivity index (χ0v) is 8.15. The number of nitrogens with zero attached hydrogens (tertiary/aromatic N) is 1. The second-order valence-corrected chi connectivity index (χ2v) is 3.04. The van der Waals surface area contributed by atoms with Gasteiger partial charge in [0.05, 0.1) is 12.6 Å². The van der Waals surface area contributed by atoms with E-state index in [4.69, 9.17) is 10.5 Å². The molecule has 2 aromatic rings. The van der Waals surface area contributed by atoms with Gasteiger partial charge in [-0.05, 0) is 18.2 Å². The number of fused-ring (bicyclic) bond motifs is 1. The minimum atomic E-state index is -0.541. The summed E-state index contributed by atoms with van der Waals surface area (Å²) < 4.78 is 5.05. The third kappa shape index (κ3) is 1.74. The van der Waals surface area contributed by atoms with E-state index in [0.717, 1.165) is 5.39 Å². The van der Waals surface area contributed by atoms with Crippen molar-refractivity contribution in [1.29, 1.82) is 0 Å². The van der Waals surface area contributed by atoms with Crippen molar-refractivity contribution in [3.05, 3.63) is 36.0 Å². The SMILES string of the molecule is COc1c[c]c2nc(C(N)=O)ccc2c1. The number of carbonyl (C=O) groups is 1. The Balaban J connectivity index is 2.59. The highest BCUT2D eigenvalue weighted by Gasteiger charge is 2.04. The van der Waals surface area contributed by atoms with Crippen LogP contribution in [0.25, 0.3) is 10.9 Å². The lowest BCUT2D eigenvalue weighted by Gasteiger charge is -2.02. The van der Waals surface area contributed by atoms with Crippen molar-refractivity contribution < 1.29 is 9.53 Å². The van der Waals surface area contributed by atoms with Crippen molar-refractivity contribution in [1.82, 2.24) is 4.98 Å². The molecule has 0 fully saturated rings. The molecule has 0 aliphatic carbocycles. The predicted molar refractivity (Wildman–Crippen MR) is 55.6 cm³/mol.